The Labute approximate surface area is 122 Å². The molecule has 2 aromatic carbocycles. The molecule has 4 nitrogen and oxygen atoms in total. The summed E-state index contributed by atoms with van der Waals surface area (Å²) < 4.78 is 5.11. The first kappa shape index (κ1) is 13.2. The number of aromatic nitrogens is 1. The molecule has 1 amide bonds. The summed E-state index contributed by atoms with van der Waals surface area (Å²) in [5.74, 6) is 0.727. The van der Waals surface area contributed by atoms with Gasteiger partial charge in [0.05, 0.1) is 12.7 Å². The molecule has 0 saturated carbocycles. The summed E-state index contributed by atoms with van der Waals surface area (Å²) in [6, 6.07) is 15.4. The summed E-state index contributed by atoms with van der Waals surface area (Å²) in [7, 11) is 1.63. The molecular weight excluding hydrogens is 264 g/mol. The van der Waals surface area contributed by atoms with E-state index in [1.807, 2.05) is 48.5 Å². The van der Waals surface area contributed by atoms with E-state index in [1.54, 1.807) is 13.3 Å². The zero-order chi connectivity index (χ0) is 14.7. The van der Waals surface area contributed by atoms with Crippen molar-refractivity contribution < 1.29 is 9.53 Å². The minimum atomic E-state index is -0.0803. The molecule has 0 atom stereocenters. The van der Waals surface area contributed by atoms with Gasteiger partial charge in [0.25, 0.3) is 5.91 Å². The number of hydrogen-bond donors (Lipinski definition) is 2. The van der Waals surface area contributed by atoms with Gasteiger partial charge in [0.15, 0.2) is 0 Å². The largest absolute Gasteiger partial charge is 0.497 e. The maximum atomic E-state index is 12.3. The van der Waals surface area contributed by atoms with E-state index < -0.39 is 0 Å². The third-order valence-electron chi connectivity index (χ3n) is 3.45. The summed E-state index contributed by atoms with van der Waals surface area (Å²) in [6.07, 6.45) is 1.74. The number of fused-ring (bicyclic) bond motifs is 1. The average molecular weight is 280 g/mol. The van der Waals surface area contributed by atoms with Gasteiger partial charge in [0.1, 0.15) is 5.75 Å². The number of aromatic amines is 1. The monoisotopic (exact) mass is 280 g/mol. The van der Waals surface area contributed by atoms with Gasteiger partial charge in [-0.15, -0.1) is 0 Å². The van der Waals surface area contributed by atoms with Crippen molar-refractivity contribution in [1.82, 2.24) is 10.3 Å². The number of benzene rings is 2. The molecule has 21 heavy (non-hydrogen) atoms. The van der Waals surface area contributed by atoms with Gasteiger partial charge in [0, 0.05) is 23.6 Å². The van der Waals surface area contributed by atoms with Gasteiger partial charge in [-0.05, 0) is 23.8 Å². The highest BCUT2D eigenvalue weighted by atomic mass is 16.5. The number of carbonyl (C=O) groups is 1. The first-order chi connectivity index (χ1) is 10.3. The van der Waals surface area contributed by atoms with Gasteiger partial charge in [-0.1, -0.05) is 30.3 Å². The summed E-state index contributed by atoms with van der Waals surface area (Å²) in [4.78, 5) is 15.4. The molecule has 3 rings (SSSR count). The van der Waals surface area contributed by atoms with Crippen molar-refractivity contribution in [2.75, 3.05) is 7.11 Å². The highest BCUT2D eigenvalue weighted by Gasteiger charge is 2.10. The number of ether oxygens (including phenoxy) is 1. The minimum absolute atomic E-state index is 0.0803. The standard InChI is InChI=1S/C17H16N2O2/c1-21-13-8-6-12(7-9-13)10-19-17(20)15-11-18-16-5-3-2-4-14(15)16/h2-9,11,18H,10H2,1H3,(H,19,20). The number of rotatable bonds is 4. The van der Waals surface area contributed by atoms with Gasteiger partial charge in [-0.3, -0.25) is 4.79 Å². The summed E-state index contributed by atoms with van der Waals surface area (Å²) in [6.45, 7) is 0.488. The van der Waals surface area contributed by atoms with Crippen LogP contribution in [0.2, 0.25) is 0 Å². The number of carbonyl (C=O) groups excluding carboxylic acids is 1. The van der Waals surface area contributed by atoms with E-state index in [0.29, 0.717) is 12.1 Å². The maximum absolute atomic E-state index is 12.3. The lowest BCUT2D eigenvalue weighted by atomic mass is 10.1. The van der Waals surface area contributed by atoms with E-state index >= 15 is 0 Å². The third-order valence-corrected chi connectivity index (χ3v) is 3.45. The Balaban J connectivity index is 1.71. The van der Waals surface area contributed by atoms with E-state index in [2.05, 4.69) is 10.3 Å². The van der Waals surface area contributed by atoms with E-state index in [9.17, 15) is 4.79 Å². The fourth-order valence-electron chi connectivity index (χ4n) is 2.28. The van der Waals surface area contributed by atoms with Gasteiger partial charge in [0.2, 0.25) is 0 Å². The Morgan fingerprint density at radius 2 is 1.90 bits per heavy atom. The van der Waals surface area contributed by atoms with Crippen LogP contribution in [0.5, 0.6) is 5.75 Å². The zero-order valence-corrected chi connectivity index (χ0v) is 11.7. The molecule has 0 saturated heterocycles. The van der Waals surface area contributed by atoms with Crippen molar-refractivity contribution in [3.05, 3.63) is 65.9 Å². The summed E-state index contributed by atoms with van der Waals surface area (Å²) >= 11 is 0. The van der Waals surface area contributed by atoms with Crippen molar-refractivity contribution in [3.8, 4) is 5.75 Å². The molecule has 0 aliphatic heterocycles. The van der Waals surface area contributed by atoms with Gasteiger partial charge >= 0.3 is 0 Å². The number of hydrogen-bond acceptors (Lipinski definition) is 2. The van der Waals surface area contributed by atoms with Crippen LogP contribution < -0.4 is 10.1 Å². The second-order valence-electron chi connectivity index (χ2n) is 4.78. The van der Waals surface area contributed by atoms with Crippen molar-refractivity contribution in [3.63, 3.8) is 0 Å². The molecule has 0 fully saturated rings. The van der Waals surface area contributed by atoms with Crippen LogP contribution in [-0.4, -0.2) is 18.0 Å². The highest BCUT2D eigenvalue weighted by Crippen LogP contribution is 2.17. The quantitative estimate of drug-likeness (QED) is 0.771. The first-order valence-electron chi connectivity index (χ1n) is 6.75. The third kappa shape index (κ3) is 2.74. The van der Waals surface area contributed by atoms with Gasteiger partial charge in [-0.25, -0.2) is 0 Å². The van der Waals surface area contributed by atoms with Crippen LogP contribution in [0.25, 0.3) is 10.9 Å². The lowest BCUT2D eigenvalue weighted by Crippen LogP contribution is -2.22. The molecule has 0 radical (unpaired) electrons. The molecule has 0 bridgehead atoms. The van der Waals surface area contributed by atoms with Crippen LogP contribution in [-0.2, 0) is 6.54 Å². The summed E-state index contributed by atoms with van der Waals surface area (Å²) in [5, 5.41) is 3.87. The Bertz CT molecular complexity index is 760. The minimum Gasteiger partial charge on any atom is -0.497 e. The summed E-state index contributed by atoms with van der Waals surface area (Å²) in [5.41, 5.74) is 2.66. The molecule has 2 N–H and O–H groups in total. The lowest BCUT2D eigenvalue weighted by molar-refractivity contribution is 0.0952. The smallest absolute Gasteiger partial charge is 0.253 e. The normalized spacial score (nSPS) is 10.5. The van der Waals surface area contributed by atoms with Gasteiger partial charge < -0.3 is 15.0 Å². The van der Waals surface area contributed by atoms with Crippen molar-refractivity contribution >= 4 is 16.8 Å². The van der Waals surface area contributed by atoms with Crippen LogP contribution in [0.3, 0.4) is 0 Å². The van der Waals surface area contributed by atoms with Crippen molar-refractivity contribution in [1.29, 1.82) is 0 Å². The predicted molar refractivity (Wildman–Crippen MR) is 82.5 cm³/mol. The van der Waals surface area contributed by atoms with E-state index in [0.717, 1.165) is 22.2 Å². The molecule has 4 heteroatoms. The Morgan fingerprint density at radius 1 is 1.14 bits per heavy atom. The second kappa shape index (κ2) is 5.71. The van der Waals surface area contributed by atoms with Crippen molar-refractivity contribution in [2.24, 2.45) is 0 Å². The second-order valence-corrected chi connectivity index (χ2v) is 4.78. The molecule has 0 spiro atoms. The van der Waals surface area contributed by atoms with Crippen LogP contribution in [0.15, 0.2) is 54.7 Å². The topological polar surface area (TPSA) is 54.1 Å². The fraction of sp³-hybridized carbons (Fsp3) is 0.118. The van der Waals surface area contributed by atoms with Crippen LogP contribution in [0.1, 0.15) is 15.9 Å². The number of H-pyrrole nitrogens is 1. The Kier molecular flexibility index (Phi) is 3.60. The number of amides is 1. The van der Waals surface area contributed by atoms with Crippen LogP contribution >= 0.6 is 0 Å². The SMILES string of the molecule is COc1ccc(CNC(=O)c2c[nH]c3ccccc23)cc1. The molecule has 3 aromatic rings. The van der Waals surface area contributed by atoms with E-state index in [1.165, 1.54) is 0 Å². The maximum Gasteiger partial charge on any atom is 0.253 e. The number of para-hydroxylation sites is 1. The molecule has 106 valence electrons. The predicted octanol–water partition coefficient (Wildman–Crippen LogP) is 3.11. The van der Waals surface area contributed by atoms with E-state index in [-0.39, 0.29) is 5.91 Å². The fourth-order valence-corrected chi connectivity index (χ4v) is 2.28. The molecule has 0 aliphatic rings. The Morgan fingerprint density at radius 3 is 2.67 bits per heavy atom. The molecule has 1 aromatic heterocycles. The van der Waals surface area contributed by atoms with Crippen LogP contribution in [0, 0.1) is 0 Å². The lowest BCUT2D eigenvalue weighted by Gasteiger charge is -2.06. The average Bonchev–Trinajstić information content (AvgIpc) is 2.97. The van der Waals surface area contributed by atoms with E-state index in [4.69, 9.17) is 4.74 Å². The molecule has 1 heterocycles. The molecule has 0 aliphatic carbocycles. The number of nitrogens with one attached hydrogen (secondary N) is 2. The Hall–Kier alpha value is -2.75. The van der Waals surface area contributed by atoms with Gasteiger partial charge in [-0.2, -0.15) is 0 Å². The molecule has 0 unspecified atom stereocenters. The number of methoxy groups -OCH3 is 1. The zero-order valence-electron chi connectivity index (χ0n) is 11.7. The molecular formula is C17H16N2O2. The van der Waals surface area contributed by atoms with Crippen molar-refractivity contribution in [2.45, 2.75) is 6.54 Å². The van der Waals surface area contributed by atoms with Crippen LogP contribution in [0.4, 0.5) is 0 Å². The first-order valence-corrected chi connectivity index (χ1v) is 6.75. The highest BCUT2D eigenvalue weighted by molar-refractivity contribution is 6.06.